The van der Waals surface area contributed by atoms with E-state index in [1.54, 1.807) is 24.5 Å². The minimum atomic E-state index is -1.16. The summed E-state index contributed by atoms with van der Waals surface area (Å²) >= 11 is 0. The number of benzene rings is 2. The summed E-state index contributed by atoms with van der Waals surface area (Å²) in [5.41, 5.74) is 2.48. The number of anilines is 1. The number of oxazole rings is 1. The zero-order valence-electron chi connectivity index (χ0n) is 17.3. The van der Waals surface area contributed by atoms with Crippen LogP contribution in [-0.2, 0) is 11.3 Å². The fraction of sp³-hybridized carbons (Fsp3) is 0.0800. The highest BCUT2D eigenvalue weighted by Gasteiger charge is 2.31. The van der Waals surface area contributed by atoms with E-state index in [0.717, 1.165) is 11.1 Å². The van der Waals surface area contributed by atoms with Crippen molar-refractivity contribution in [1.82, 2.24) is 9.97 Å². The van der Waals surface area contributed by atoms with Crippen molar-refractivity contribution in [2.75, 3.05) is 4.90 Å². The number of esters is 1. The van der Waals surface area contributed by atoms with Crippen molar-refractivity contribution in [3.63, 3.8) is 0 Å². The molecule has 0 radical (unpaired) electrons. The molecule has 1 atom stereocenters. The van der Waals surface area contributed by atoms with E-state index in [-0.39, 0.29) is 24.1 Å². The van der Waals surface area contributed by atoms with Crippen molar-refractivity contribution >= 4 is 17.9 Å². The molecule has 1 N–H and O–H groups in total. The molecule has 1 aliphatic rings. The number of hydrogen-bond acceptors (Lipinski definition) is 7. The number of aliphatic hydroxyl groups excluding tert-OH is 1. The van der Waals surface area contributed by atoms with Gasteiger partial charge in [0.05, 0.1) is 5.69 Å². The molecule has 164 valence electrons. The number of carbonyl (C=O) groups is 1. The Morgan fingerprint density at radius 2 is 1.88 bits per heavy atom. The zero-order valence-corrected chi connectivity index (χ0v) is 17.3. The highest BCUT2D eigenvalue weighted by Crippen LogP contribution is 2.38. The lowest BCUT2D eigenvalue weighted by Crippen LogP contribution is -2.27. The van der Waals surface area contributed by atoms with Crippen LogP contribution in [0.15, 0.2) is 83.5 Å². The molecule has 2 aromatic carbocycles. The third-order valence-corrected chi connectivity index (χ3v) is 5.14. The molecule has 0 fully saturated rings. The summed E-state index contributed by atoms with van der Waals surface area (Å²) in [7, 11) is 0. The highest BCUT2D eigenvalue weighted by molar-refractivity contribution is 5.87. The molecule has 4 aromatic rings. The van der Waals surface area contributed by atoms with Gasteiger partial charge >= 0.3 is 11.9 Å². The molecule has 0 spiro atoms. The van der Waals surface area contributed by atoms with Gasteiger partial charge in [-0.05, 0) is 42.0 Å². The average Bonchev–Trinajstić information content (AvgIpc) is 3.29. The van der Waals surface area contributed by atoms with Gasteiger partial charge in [-0.1, -0.05) is 36.4 Å². The van der Waals surface area contributed by atoms with E-state index < -0.39 is 18.0 Å². The summed E-state index contributed by atoms with van der Waals surface area (Å²) in [6.07, 6.45) is 3.81. The number of carbonyl (C=O) groups excluding carboxylic acids is 1. The number of aliphatic hydroxyl groups is 1. The number of rotatable bonds is 5. The standard InChI is InChI=1S/C25H18FN3O4/c26-19-10-8-18(9-11-19)21-22(29-14-12-17-7-4-13-27-20(17)24(29)30)28-23(33-21)25(31)32-15-16-5-2-1-3-6-16/h1-14,24,30H,15H2. The number of fused-ring (bicyclic) bond motifs is 1. The minimum Gasteiger partial charge on any atom is -0.454 e. The van der Waals surface area contributed by atoms with Crippen LogP contribution in [-0.4, -0.2) is 21.0 Å². The van der Waals surface area contributed by atoms with Gasteiger partial charge in [-0.3, -0.25) is 9.88 Å². The Labute approximate surface area is 188 Å². The maximum atomic E-state index is 13.5. The first-order chi connectivity index (χ1) is 16.1. The van der Waals surface area contributed by atoms with Crippen LogP contribution >= 0.6 is 0 Å². The van der Waals surface area contributed by atoms with Gasteiger partial charge in [-0.2, -0.15) is 4.98 Å². The van der Waals surface area contributed by atoms with Crippen LogP contribution in [0.2, 0.25) is 0 Å². The lowest BCUT2D eigenvalue weighted by molar-refractivity contribution is 0.0427. The second-order valence-corrected chi connectivity index (χ2v) is 7.31. The molecular weight excluding hydrogens is 425 g/mol. The molecule has 3 heterocycles. The molecule has 0 amide bonds. The second kappa shape index (κ2) is 8.68. The smallest absolute Gasteiger partial charge is 0.395 e. The fourth-order valence-corrected chi connectivity index (χ4v) is 3.50. The topological polar surface area (TPSA) is 88.7 Å². The fourth-order valence-electron chi connectivity index (χ4n) is 3.50. The first kappa shape index (κ1) is 20.6. The Balaban J connectivity index is 1.50. The largest absolute Gasteiger partial charge is 0.454 e. The van der Waals surface area contributed by atoms with E-state index in [1.807, 2.05) is 36.4 Å². The number of pyridine rings is 1. The molecule has 7 nitrogen and oxygen atoms in total. The van der Waals surface area contributed by atoms with Crippen molar-refractivity contribution in [3.8, 4) is 11.3 Å². The van der Waals surface area contributed by atoms with Crippen LogP contribution in [0.4, 0.5) is 10.2 Å². The second-order valence-electron chi connectivity index (χ2n) is 7.31. The third kappa shape index (κ3) is 4.11. The van der Waals surface area contributed by atoms with Gasteiger partial charge in [0.2, 0.25) is 0 Å². The number of halogens is 1. The van der Waals surface area contributed by atoms with Gasteiger partial charge in [-0.25, -0.2) is 9.18 Å². The predicted octanol–water partition coefficient (Wildman–Crippen LogP) is 4.71. The SMILES string of the molecule is O=C(OCc1ccccc1)c1nc(N2C=Cc3cccnc3C2O)c(-c2ccc(F)cc2)o1. The van der Waals surface area contributed by atoms with Crippen LogP contribution in [0.5, 0.6) is 0 Å². The predicted molar refractivity (Wildman–Crippen MR) is 118 cm³/mol. The third-order valence-electron chi connectivity index (χ3n) is 5.14. The summed E-state index contributed by atoms with van der Waals surface area (Å²) in [5.74, 6) is -1.11. The van der Waals surface area contributed by atoms with E-state index in [2.05, 4.69) is 9.97 Å². The van der Waals surface area contributed by atoms with Crippen molar-refractivity contribution in [2.24, 2.45) is 0 Å². The van der Waals surface area contributed by atoms with Gasteiger partial charge in [-0.15, -0.1) is 0 Å². The van der Waals surface area contributed by atoms with Gasteiger partial charge in [0.1, 0.15) is 12.4 Å². The molecule has 0 saturated heterocycles. The van der Waals surface area contributed by atoms with Crippen LogP contribution in [0.25, 0.3) is 17.4 Å². The summed E-state index contributed by atoms with van der Waals surface area (Å²) in [4.78, 5) is 22.7. The van der Waals surface area contributed by atoms with Gasteiger partial charge in [0.25, 0.3) is 0 Å². The van der Waals surface area contributed by atoms with E-state index in [9.17, 15) is 14.3 Å². The molecule has 5 rings (SSSR count). The average molecular weight is 443 g/mol. The van der Waals surface area contributed by atoms with Crippen molar-refractivity contribution in [1.29, 1.82) is 0 Å². The van der Waals surface area contributed by atoms with E-state index >= 15 is 0 Å². The first-order valence-electron chi connectivity index (χ1n) is 10.2. The Morgan fingerprint density at radius 3 is 2.67 bits per heavy atom. The maximum absolute atomic E-state index is 13.5. The number of ether oxygens (including phenoxy) is 1. The summed E-state index contributed by atoms with van der Waals surface area (Å²) in [6, 6.07) is 18.4. The maximum Gasteiger partial charge on any atom is 0.395 e. The van der Waals surface area contributed by atoms with Crippen LogP contribution in [0.1, 0.15) is 33.7 Å². The van der Waals surface area contributed by atoms with Gasteiger partial charge in [0.15, 0.2) is 17.8 Å². The Bertz CT molecular complexity index is 1320. The number of aromatic nitrogens is 2. The highest BCUT2D eigenvalue weighted by atomic mass is 19.1. The normalized spacial score (nSPS) is 14.7. The van der Waals surface area contributed by atoms with Crippen LogP contribution in [0.3, 0.4) is 0 Å². The molecular formula is C25H18FN3O4. The minimum absolute atomic E-state index is 0.0484. The van der Waals surface area contributed by atoms with E-state index in [4.69, 9.17) is 9.15 Å². The molecule has 1 unspecified atom stereocenters. The Morgan fingerprint density at radius 1 is 1.09 bits per heavy atom. The Kier molecular flexibility index (Phi) is 5.42. The lowest BCUT2D eigenvalue weighted by atomic mass is 10.1. The molecule has 0 saturated carbocycles. The Hall–Kier alpha value is -4.30. The lowest BCUT2D eigenvalue weighted by Gasteiger charge is -2.28. The first-order valence-corrected chi connectivity index (χ1v) is 10.2. The van der Waals surface area contributed by atoms with E-state index in [1.165, 1.54) is 29.2 Å². The summed E-state index contributed by atoms with van der Waals surface area (Å²) in [5, 5.41) is 10.9. The quantitative estimate of drug-likeness (QED) is 0.447. The molecule has 33 heavy (non-hydrogen) atoms. The van der Waals surface area contributed by atoms with Crippen molar-refractivity contribution < 1.29 is 23.4 Å². The molecule has 2 aromatic heterocycles. The monoisotopic (exact) mass is 443 g/mol. The van der Waals surface area contributed by atoms with Gasteiger partial charge < -0.3 is 14.3 Å². The van der Waals surface area contributed by atoms with Crippen LogP contribution in [0, 0.1) is 5.82 Å². The number of nitrogens with zero attached hydrogens (tertiary/aromatic N) is 3. The van der Waals surface area contributed by atoms with Crippen LogP contribution < -0.4 is 4.90 Å². The molecule has 1 aliphatic heterocycles. The van der Waals surface area contributed by atoms with Crippen molar-refractivity contribution in [2.45, 2.75) is 12.8 Å². The zero-order chi connectivity index (χ0) is 22.8. The number of hydrogen-bond donors (Lipinski definition) is 1. The molecule has 0 aliphatic carbocycles. The summed E-state index contributed by atoms with van der Waals surface area (Å²) < 4.78 is 24.6. The van der Waals surface area contributed by atoms with Gasteiger partial charge in [0, 0.05) is 23.5 Å². The summed E-state index contributed by atoms with van der Waals surface area (Å²) in [6.45, 7) is 0.0484. The molecule has 0 bridgehead atoms. The van der Waals surface area contributed by atoms with E-state index in [0.29, 0.717) is 11.3 Å². The molecule has 8 heteroatoms. The van der Waals surface area contributed by atoms with Crippen molar-refractivity contribution in [3.05, 3.63) is 108 Å².